The van der Waals surface area contributed by atoms with E-state index in [9.17, 15) is 4.79 Å². The molecular formula is C35H29ClN4O2S. The Morgan fingerprint density at radius 2 is 1.60 bits per heavy atom. The fourth-order valence-electron chi connectivity index (χ4n) is 4.86. The van der Waals surface area contributed by atoms with Crippen molar-refractivity contribution in [3.05, 3.63) is 131 Å². The molecule has 0 aliphatic carbocycles. The molecule has 2 heterocycles. The van der Waals surface area contributed by atoms with Gasteiger partial charge < -0.3 is 4.74 Å². The largest absolute Gasteiger partial charge is 0.494 e. The van der Waals surface area contributed by atoms with E-state index < -0.39 is 0 Å². The summed E-state index contributed by atoms with van der Waals surface area (Å²) in [4.78, 5) is 15.0. The van der Waals surface area contributed by atoms with Gasteiger partial charge in [-0.15, -0.1) is 11.8 Å². The molecule has 1 aliphatic heterocycles. The van der Waals surface area contributed by atoms with Crippen LogP contribution in [0.25, 0.3) is 23.0 Å². The first-order chi connectivity index (χ1) is 21.0. The summed E-state index contributed by atoms with van der Waals surface area (Å²) in [6.45, 7) is 4.61. The highest BCUT2D eigenvalue weighted by molar-refractivity contribution is 8.00. The van der Waals surface area contributed by atoms with Crippen molar-refractivity contribution in [1.29, 1.82) is 0 Å². The van der Waals surface area contributed by atoms with Crippen LogP contribution in [0.3, 0.4) is 0 Å². The summed E-state index contributed by atoms with van der Waals surface area (Å²) in [7, 11) is 0. The number of benzene rings is 4. The van der Waals surface area contributed by atoms with Gasteiger partial charge in [-0.1, -0.05) is 48.0 Å². The third kappa shape index (κ3) is 6.28. The van der Waals surface area contributed by atoms with Crippen LogP contribution < -0.4 is 9.75 Å². The Hall–Kier alpha value is -4.59. The zero-order valence-electron chi connectivity index (χ0n) is 23.8. The zero-order valence-corrected chi connectivity index (χ0v) is 25.3. The van der Waals surface area contributed by atoms with Gasteiger partial charge in [0.1, 0.15) is 11.4 Å². The van der Waals surface area contributed by atoms with E-state index in [0.29, 0.717) is 34.4 Å². The number of carbonyl (C=O) groups excluding carboxylic acids is 1. The maximum absolute atomic E-state index is 14.0. The summed E-state index contributed by atoms with van der Waals surface area (Å²) >= 11 is 7.70. The number of amides is 1. The molecule has 0 spiro atoms. The second-order valence-electron chi connectivity index (χ2n) is 9.92. The quantitative estimate of drug-likeness (QED) is 0.125. The molecule has 214 valence electrons. The lowest BCUT2D eigenvalue weighted by atomic mass is 10.00. The van der Waals surface area contributed by atoms with Gasteiger partial charge in [0.05, 0.1) is 29.3 Å². The van der Waals surface area contributed by atoms with Gasteiger partial charge in [0.2, 0.25) is 0 Å². The Morgan fingerprint density at radius 1 is 0.907 bits per heavy atom. The number of halogens is 1. The predicted molar refractivity (Wildman–Crippen MR) is 176 cm³/mol. The average molecular weight is 605 g/mol. The van der Waals surface area contributed by atoms with Gasteiger partial charge in [0.15, 0.2) is 0 Å². The minimum Gasteiger partial charge on any atom is -0.494 e. The molecule has 43 heavy (non-hydrogen) atoms. The molecule has 6 rings (SSSR count). The van der Waals surface area contributed by atoms with E-state index in [4.69, 9.17) is 26.5 Å². The van der Waals surface area contributed by atoms with Gasteiger partial charge in [0, 0.05) is 33.0 Å². The third-order valence-electron chi connectivity index (χ3n) is 6.97. The molecule has 0 radical (unpaired) electrons. The van der Waals surface area contributed by atoms with Crippen LogP contribution >= 0.6 is 23.4 Å². The molecule has 0 saturated heterocycles. The van der Waals surface area contributed by atoms with Gasteiger partial charge in [-0.05, 0) is 92.2 Å². The molecule has 4 aromatic carbocycles. The maximum atomic E-state index is 14.0. The second kappa shape index (κ2) is 12.7. The first kappa shape index (κ1) is 28.5. The SMILES string of the molecule is CCOc1ccc(-c2nn(-c3ccccc3)cc2C=C2C(=O)N(c3ccccc3)N=C2CSc2ccc(Cl)cc2)c(C)c1. The number of anilines is 1. The third-order valence-corrected chi connectivity index (χ3v) is 8.25. The Kier molecular flexibility index (Phi) is 8.45. The van der Waals surface area contributed by atoms with Crippen molar-refractivity contribution >= 4 is 46.7 Å². The van der Waals surface area contributed by atoms with Crippen LogP contribution in [0, 0.1) is 6.92 Å². The van der Waals surface area contributed by atoms with Crippen molar-refractivity contribution in [2.24, 2.45) is 5.10 Å². The van der Waals surface area contributed by atoms with Crippen LogP contribution in [0.2, 0.25) is 5.02 Å². The van der Waals surface area contributed by atoms with Crippen LogP contribution in [0.4, 0.5) is 5.69 Å². The van der Waals surface area contributed by atoms with Gasteiger partial charge in [0.25, 0.3) is 5.91 Å². The number of thioether (sulfide) groups is 1. The monoisotopic (exact) mass is 604 g/mol. The van der Waals surface area contributed by atoms with E-state index in [0.717, 1.165) is 38.7 Å². The minimum absolute atomic E-state index is 0.181. The number of rotatable bonds is 9. The molecule has 1 amide bonds. The second-order valence-corrected chi connectivity index (χ2v) is 11.4. The summed E-state index contributed by atoms with van der Waals surface area (Å²) in [6.07, 6.45) is 3.89. The topological polar surface area (TPSA) is 59.7 Å². The summed E-state index contributed by atoms with van der Waals surface area (Å²) in [6, 6.07) is 33.1. The van der Waals surface area contributed by atoms with Crippen molar-refractivity contribution in [2.45, 2.75) is 18.7 Å². The fraction of sp³-hybridized carbons (Fsp3) is 0.114. The number of para-hydroxylation sites is 2. The van der Waals surface area contributed by atoms with Crippen LogP contribution in [0.1, 0.15) is 18.1 Å². The predicted octanol–water partition coefficient (Wildman–Crippen LogP) is 8.48. The van der Waals surface area contributed by atoms with E-state index in [2.05, 4.69) is 0 Å². The molecule has 6 nitrogen and oxygen atoms in total. The lowest BCUT2D eigenvalue weighted by Gasteiger charge is -2.11. The van der Waals surface area contributed by atoms with Crippen molar-refractivity contribution < 1.29 is 9.53 Å². The number of ether oxygens (including phenoxy) is 1. The minimum atomic E-state index is -0.181. The molecule has 0 unspecified atom stereocenters. The molecule has 1 aromatic heterocycles. The van der Waals surface area contributed by atoms with Gasteiger partial charge in [-0.2, -0.15) is 15.2 Å². The first-order valence-electron chi connectivity index (χ1n) is 14.0. The molecule has 5 aromatic rings. The summed E-state index contributed by atoms with van der Waals surface area (Å²) in [5.74, 6) is 1.14. The molecular weight excluding hydrogens is 576 g/mol. The number of hydrogen-bond acceptors (Lipinski definition) is 5. The van der Waals surface area contributed by atoms with Crippen molar-refractivity contribution in [1.82, 2.24) is 9.78 Å². The lowest BCUT2D eigenvalue weighted by molar-refractivity contribution is -0.114. The Bertz CT molecular complexity index is 1820. The van der Waals surface area contributed by atoms with Gasteiger partial charge in [-0.25, -0.2) is 4.68 Å². The number of carbonyl (C=O) groups is 1. The Labute approximate surface area is 260 Å². The lowest BCUT2D eigenvalue weighted by Crippen LogP contribution is -2.21. The van der Waals surface area contributed by atoms with E-state index in [-0.39, 0.29) is 5.91 Å². The summed E-state index contributed by atoms with van der Waals surface area (Å²) in [5.41, 5.74) is 6.44. The van der Waals surface area contributed by atoms with Crippen molar-refractivity contribution in [2.75, 3.05) is 17.4 Å². The van der Waals surface area contributed by atoms with Gasteiger partial charge in [-0.3, -0.25) is 4.79 Å². The number of nitrogens with zero attached hydrogens (tertiary/aromatic N) is 4. The summed E-state index contributed by atoms with van der Waals surface area (Å²) < 4.78 is 7.58. The van der Waals surface area contributed by atoms with Crippen LogP contribution in [-0.4, -0.2) is 33.8 Å². The normalized spacial score (nSPS) is 13.9. The fourth-order valence-corrected chi connectivity index (χ4v) is 5.84. The van der Waals surface area contributed by atoms with Crippen LogP contribution in [0.5, 0.6) is 5.75 Å². The summed E-state index contributed by atoms with van der Waals surface area (Å²) in [5, 5.41) is 12.0. The van der Waals surface area contributed by atoms with E-state index in [1.165, 1.54) is 5.01 Å². The number of aromatic nitrogens is 2. The smallest absolute Gasteiger partial charge is 0.280 e. The molecule has 0 fully saturated rings. The van der Waals surface area contributed by atoms with Crippen molar-refractivity contribution in [3.63, 3.8) is 0 Å². The first-order valence-corrected chi connectivity index (χ1v) is 15.3. The van der Waals surface area contributed by atoms with E-state index in [1.807, 2.05) is 134 Å². The number of hydrogen-bond donors (Lipinski definition) is 0. The van der Waals surface area contributed by atoms with E-state index >= 15 is 0 Å². The number of hydrazone groups is 1. The van der Waals surface area contributed by atoms with Crippen molar-refractivity contribution in [3.8, 4) is 22.7 Å². The average Bonchev–Trinajstić information content (AvgIpc) is 3.59. The van der Waals surface area contributed by atoms with E-state index in [1.54, 1.807) is 11.8 Å². The highest BCUT2D eigenvalue weighted by Crippen LogP contribution is 2.33. The maximum Gasteiger partial charge on any atom is 0.280 e. The molecule has 8 heteroatoms. The van der Waals surface area contributed by atoms with Crippen LogP contribution in [-0.2, 0) is 4.79 Å². The number of aryl methyl sites for hydroxylation is 1. The molecule has 0 bridgehead atoms. The molecule has 0 N–H and O–H groups in total. The van der Waals surface area contributed by atoms with Crippen LogP contribution in [0.15, 0.2) is 125 Å². The Balaban J connectivity index is 1.44. The zero-order chi connectivity index (χ0) is 29.8. The van der Waals surface area contributed by atoms with Gasteiger partial charge >= 0.3 is 0 Å². The standard InChI is InChI=1S/C35H29ClN4O2S/c1-3-42-29-16-19-31(24(2)20-29)34-25(22-39(38-34)27-10-6-4-7-11-27)21-32-33(23-43-30-17-14-26(36)15-18-30)37-40(35(32)41)28-12-8-5-9-13-28/h4-22H,3,23H2,1-2H3. The molecule has 0 saturated carbocycles. The molecule has 1 aliphatic rings. The highest BCUT2D eigenvalue weighted by atomic mass is 35.5. The Morgan fingerprint density at radius 3 is 2.28 bits per heavy atom. The molecule has 0 atom stereocenters. The highest BCUT2D eigenvalue weighted by Gasteiger charge is 2.32.